The van der Waals surface area contributed by atoms with E-state index in [-0.39, 0.29) is 0 Å². The van der Waals surface area contributed by atoms with Crippen LogP contribution in [0.4, 0.5) is 0 Å². The van der Waals surface area contributed by atoms with Crippen molar-refractivity contribution in [2.45, 2.75) is 44.6 Å². The van der Waals surface area contributed by atoms with Gasteiger partial charge in [-0.05, 0) is 57.4 Å². The van der Waals surface area contributed by atoms with Crippen molar-refractivity contribution in [2.75, 3.05) is 20.3 Å². The molecule has 82 valence electrons. The first-order valence-corrected chi connectivity index (χ1v) is 6.15. The molecular formula is C12H23NO. The van der Waals surface area contributed by atoms with Crippen molar-refractivity contribution in [3.8, 4) is 0 Å². The summed E-state index contributed by atoms with van der Waals surface area (Å²) in [5.74, 6) is 1.84. The van der Waals surface area contributed by atoms with Gasteiger partial charge < -0.3 is 10.1 Å². The highest BCUT2D eigenvalue weighted by Gasteiger charge is 2.30. The minimum Gasteiger partial charge on any atom is -0.381 e. The largest absolute Gasteiger partial charge is 0.381 e. The van der Waals surface area contributed by atoms with Crippen LogP contribution >= 0.6 is 0 Å². The van der Waals surface area contributed by atoms with E-state index in [0.717, 1.165) is 31.1 Å². The van der Waals surface area contributed by atoms with Crippen molar-refractivity contribution < 1.29 is 4.74 Å². The van der Waals surface area contributed by atoms with Crippen molar-refractivity contribution in [3.63, 3.8) is 0 Å². The van der Waals surface area contributed by atoms with Crippen LogP contribution in [0, 0.1) is 11.8 Å². The monoisotopic (exact) mass is 197 g/mol. The van der Waals surface area contributed by atoms with E-state index in [0.29, 0.717) is 0 Å². The maximum Gasteiger partial charge on any atom is 0.0494 e. The molecule has 1 heterocycles. The molecule has 2 heteroatoms. The molecule has 1 saturated carbocycles. The van der Waals surface area contributed by atoms with E-state index in [9.17, 15) is 0 Å². The van der Waals surface area contributed by atoms with Gasteiger partial charge in [-0.15, -0.1) is 0 Å². The molecule has 2 unspecified atom stereocenters. The zero-order valence-electron chi connectivity index (χ0n) is 9.30. The van der Waals surface area contributed by atoms with Gasteiger partial charge >= 0.3 is 0 Å². The Labute approximate surface area is 87.4 Å². The fourth-order valence-electron chi connectivity index (χ4n) is 2.56. The summed E-state index contributed by atoms with van der Waals surface area (Å²) in [6.45, 7) is 2.01. The standard InChI is InChI=1S/C12H23NO/c1-13-12(11-5-6-11)7-4-10-3-2-8-14-9-10/h10-13H,2-9H2,1H3. The molecule has 0 aromatic rings. The highest BCUT2D eigenvalue weighted by molar-refractivity contribution is 4.86. The molecular weight excluding hydrogens is 174 g/mol. The molecule has 0 aromatic carbocycles. The molecule has 1 N–H and O–H groups in total. The Bertz CT molecular complexity index is 162. The lowest BCUT2D eigenvalue weighted by Gasteiger charge is -2.24. The minimum atomic E-state index is 0.789. The topological polar surface area (TPSA) is 21.3 Å². The van der Waals surface area contributed by atoms with Gasteiger partial charge in [0, 0.05) is 19.3 Å². The molecule has 1 saturated heterocycles. The predicted octanol–water partition coefficient (Wildman–Crippen LogP) is 2.19. The number of rotatable bonds is 5. The maximum atomic E-state index is 5.50. The van der Waals surface area contributed by atoms with Crippen molar-refractivity contribution in [3.05, 3.63) is 0 Å². The van der Waals surface area contributed by atoms with Crippen molar-refractivity contribution >= 4 is 0 Å². The van der Waals surface area contributed by atoms with Gasteiger partial charge in [0.05, 0.1) is 0 Å². The SMILES string of the molecule is CNC(CCC1CCCOC1)C1CC1. The van der Waals surface area contributed by atoms with Gasteiger partial charge in [-0.2, -0.15) is 0 Å². The Morgan fingerprint density at radius 3 is 2.79 bits per heavy atom. The third-order valence-electron chi connectivity index (χ3n) is 3.70. The lowest BCUT2D eigenvalue weighted by molar-refractivity contribution is 0.0497. The van der Waals surface area contributed by atoms with Gasteiger partial charge in [0.2, 0.25) is 0 Å². The first-order valence-electron chi connectivity index (χ1n) is 6.15. The van der Waals surface area contributed by atoms with E-state index in [2.05, 4.69) is 12.4 Å². The van der Waals surface area contributed by atoms with Crippen LogP contribution in [0.5, 0.6) is 0 Å². The van der Waals surface area contributed by atoms with Crippen LogP contribution in [0.1, 0.15) is 38.5 Å². The molecule has 0 bridgehead atoms. The van der Waals surface area contributed by atoms with Crippen LogP contribution < -0.4 is 5.32 Å². The number of ether oxygens (including phenoxy) is 1. The molecule has 2 atom stereocenters. The van der Waals surface area contributed by atoms with E-state index in [1.54, 1.807) is 0 Å². The van der Waals surface area contributed by atoms with Gasteiger partial charge in [-0.3, -0.25) is 0 Å². The second-order valence-electron chi connectivity index (χ2n) is 4.89. The summed E-state index contributed by atoms with van der Waals surface area (Å²) >= 11 is 0. The quantitative estimate of drug-likeness (QED) is 0.729. The Morgan fingerprint density at radius 1 is 1.36 bits per heavy atom. The van der Waals surface area contributed by atoms with Gasteiger partial charge in [-0.25, -0.2) is 0 Å². The first-order chi connectivity index (χ1) is 6.90. The fourth-order valence-corrected chi connectivity index (χ4v) is 2.56. The average molecular weight is 197 g/mol. The van der Waals surface area contributed by atoms with Crippen molar-refractivity contribution in [1.82, 2.24) is 5.32 Å². The molecule has 2 fully saturated rings. The van der Waals surface area contributed by atoms with E-state index >= 15 is 0 Å². The molecule has 1 aliphatic carbocycles. The first kappa shape index (κ1) is 10.4. The molecule has 14 heavy (non-hydrogen) atoms. The normalized spacial score (nSPS) is 30.2. The molecule has 0 aromatic heterocycles. The third kappa shape index (κ3) is 2.96. The van der Waals surface area contributed by atoms with Gasteiger partial charge in [0.15, 0.2) is 0 Å². The van der Waals surface area contributed by atoms with Gasteiger partial charge in [0.1, 0.15) is 0 Å². The maximum absolute atomic E-state index is 5.50. The average Bonchev–Trinajstić information content (AvgIpc) is 3.05. The molecule has 2 nitrogen and oxygen atoms in total. The summed E-state index contributed by atoms with van der Waals surface area (Å²) in [4.78, 5) is 0. The van der Waals surface area contributed by atoms with E-state index in [1.165, 1.54) is 38.5 Å². The van der Waals surface area contributed by atoms with Gasteiger partial charge in [0.25, 0.3) is 0 Å². The third-order valence-corrected chi connectivity index (χ3v) is 3.70. The van der Waals surface area contributed by atoms with Crippen LogP contribution in [0.15, 0.2) is 0 Å². The second kappa shape index (κ2) is 5.13. The Kier molecular flexibility index (Phi) is 3.82. The summed E-state index contributed by atoms with van der Waals surface area (Å²) in [6.07, 6.45) is 8.29. The van der Waals surface area contributed by atoms with Crippen LogP contribution in [0.2, 0.25) is 0 Å². The number of hydrogen-bond donors (Lipinski definition) is 1. The minimum absolute atomic E-state index is 0.789. The molecule has 1 aliphatic heterocycles. The van der Waals surface area contributed by atoms with E-state index < -0.39 is 0 Å². The number of hydrogen-bond acceptors (Lipinski definition) is 2. The molecule has 0 radical (unpaired) electrons. The van der Waals surface area contributed by atoms with Crippen LogP contribution in [-0.2, 0) is 4.74 Å². The highest BCUT2D eigenvalue weighted by Crippen LogP contribution is 2.35. The predicted molar refractivity (Wildman–Crippen MR) is 58.3 cm³/mol. The molecule has 2 aliphatic rings. The van der Waals surface area contributed by atoms with Crippen LogP contribution in [0.3, 0.4) is 0 Å². The van der Waals surface area contributed by atoms with Gasteiger partial charge in [-0.1, -0.05) is 0 Å². The Balaban J connectivity index is 1.63. The molecule has 0 amide bonds. The molecule has 0 spiro atoms. The van der Waals surface area contributed by atoms with Crippen LogP contribution in [0.25, 0.3) is 0 Å². The number of nitrogens with one attached hydrogen (secondary N) is 1. The highest BCUT2D eigenvalue weighted by atomic mass is 16.5. The smallest absolute Gasteiger partial charge is 0.0494 e. The summed E-state index contributed by atoms with van der Waals surface area (Å²) in [6, 6.07) is 0.789. The van der Waals surface area contributed by atoms with E-state index in [4.69, 9.17) is 4.74 Å². The second-order valence-corrected chi connectivity index (χ2v) is 4.89. The lowest BCUT2D eigenvalue weighted by atomic mass is 9.93. The summed E-state index contributed by atoms with van der Waals surface area (Å²) in [5.41, 5.74) is 0. The summed E-state index contributed by atoms with van der Waals surface area (Å²) < 4.78 is 5.50. The van der Waals surface area contributed by atoms with E-state index in [1.807, 2.05) is 0 Å². The summed E-state index contributed by atoms with van der Waals surface area (Å²) in [7, 11) is 2.11. The Morgan fingerprint density at radius 2 is 2.21 bits per heavy atom. The van der Waals surface area contributed by atoms with Crippen molar-refractivity contribution in [2.24, 2.45) is 11.8 Å². The zero-order chi connectivity index (χ0) is 9.80. The Hall–Kier alpha value is -0.0800. The molecule has 2 rings (SSSR count). The fraction of sp³-hybridized carbons (Fsp3) is 1.00. The lowest BCUT2D eigenvalue weighted by Crippen LogP contribution is -2.29. The zero-order valence-corrected chi connectivity index (χ0v) is 9.30. The summed E-state index contributed by atoms with van der Waals surface area (Å²) in [5, 5.41) is 3.46. The van der Waals surface area contributed by atoms with Crippen LogP contribution in [-0.4, -0.2) is 26.3 Å². The van der Waals surface area contributed by atoms with Crippen molar-refractivity contribution in [1.29, 1.82) is 0 Å².